The second-order valence-corrected chi connectivity index (χ2v) is 12.9. The van der Waals surface area contributed by atoms with Crippen molar-refractivity contribution in [2.75, 3.05) is 0 Å². The number of nitrogens with zero attached hydrogens (tertiary/aromatic N) is 1. The van der Waals surface area contributed by atoms with Crippen LogP contribution in [0, 0.1) is 0 Å². The summed E-state index contributed by atoms with van der Waals surface area (Å²) in [5, 5.41) is 7.77. The third-order valence-corrected chi connectivity index (χ3v) is 10.5. The largest absolute Gasteiger partial charge is 0.375 e. The molecule has 0 unspecified atom stereocenters. The van der Waals surface area contributed by atoms with Crippen molar-refractivity contribution in [3.8, 4) is 44.5 Å². The summed E-state index contributed by atoms with van der Waals surface area (Å²) < 4.78 is 2.66. The van der Waals surface area contributed by atoms with Crippen molar-refractivity contribution in [1.29, 1.82) is 0 Å². The molecule has 1 aromatic heterocycles. The minimum atomic E-state index is 0.0793. The van der Waals surface area contributed by atoms with Crippen LogP contribution in [0.5, 0.6) is 0 Å². The zero-order valence-corrected chi connectivity index (χ0v) is 25.0. The van der Waals surface area contributed by atoms with E-state index in [1.54, 1.807) is 0 Å². The van der Waals surface area contributed by atoms with Gasteiger partial charge in [0.05, 0.1) is 0 Å². The first-order valence-electron chi connectivity index (χ1n) is 16.1. The zero-order valence-electron chi connectivity index (χ0n) is 25.0. The highest BCUT2D eigenvalue weighted by Gasteiger charge is 2.39. The predicted molar refractivity (Wildman–Crippen MR) is 197 cm³/mol. The molecule has 2 heteroatoms. The fourth-order valence-corrected chi connectivity index (χ4v) is 8.46. The van der Waals surface area contributed by atoms with Gasteiger partial charge >= 0.3 is 6.85 Å². The van der Waals surface area contributed by atoms with Crippen molar-refractivity contribution >= 4 is 61.1 Å². The Labute approximate surface area is 267 Å². The lowest BCUT2D eigenvalue weighted by Gasteiger charge is -2.33. The van der Waals surface area contributed by atoms with E-state index in [9.17, 15) is 0 Å². The highest BCUT2D eigenvalue weighted by Crippen LogP contribution is 2.45. The van der Waals surface area contributed by atoms with Gasteiger partial charge in [-0.05, 0) is 78.0 Å². The Morgan fingerprint density at radius 3 is 1.26 bits per heavy atom. The maximum absolute atomic E-state index is 2.66. The van der Waals surface area contributed by atoms with E-state index in [0.29, 0.717) is 0 Å². The summed E-state index contributed by atoms with van der Waals surface area (Å²) in [6, 6.07) is 59.0. The van der Waals surface area contributed by atoms with Crippen LogP contribution in [0.3, 0.4) is 0 Å². The molecule has 1 nitrogen and oxygen atoms in total. The van der Waals surface area contributed by atoms with E-state index in [0.717, 1.165) is 0 Å². The van der Waals surface area contributed by atoms with Gasteiger partial charge in [0, 0.05) is 32.9 Å². The Morgan fingerprint density at radius 2 is 0.761 bits per heavy atom. The van der Waals surface area contributed by atoms with Gasteiger partial charge in [0.25, 0.3) is 0 Å². The summed E-state index contributed by atoms with van der Waals surface area (Å²) in [7, 11) is 0. The van der Waals surface area contributed by atoms with E-state index in [-0.39, 0.29) is 6.85 Å². The molecule has 0 bridgehead atoms. The van der Waals surface area contributed by atoms with Gasteiger partial charge in [-0.3, -0.25) is 0 Å². The first-order chi connectivity index (χ1) is 22.8. The highest BCUT2D eigenvalue weighted by molar-refractivity contribution is 6.89. The van der Waals surface area contributed by atoms with Gasteiger partial charge in [0.1, 0.15) is 0 Å². The van der Waals surface area contributed by atoms with Crippen LogP contribution in [0.1, 0.15) is 0 Å². The van der Waals surface area contributed by atoms with Crippen LogP contribution in [0.2, 0.25) is 0 Å². The molecule has 0 fully saturated rings. The molecule has 210 valence electrons. The molecule has 0 radical (unpaired) electrons. The van der Waals surface area contributed by atoms with Gasteiger partial charge in [-0.1, -0.05) is 146 Å². The van der Waals surface area contributed by atoms with Crippen molar-refractivity contribution in [2.24, 2.45) is 0 Å². The summed E-state index contributed by atoms with van der Waals surface area (Å²) in [4.78, 5) is 0. The molecular weight excluding hydrogens is 553 g/mol. The van der Waals surface area contributed by atoms with E-state index in [2.05, 4.69) is 162 Å². The van der Waals surface area contributed by atoms with Gasteiger partial charge in [-0.15, -0.1) is 0 Å². The van der Waals surface area contributed by atoms with Gasteiger partial charge in [0.2, 0.25) is 0 Å². The lowest BCUT2D eigenvalue weighted by atomic mass is 9.45. The molecule has 0 amide bonds. The van der Waals surface area contributed by atoms with E-state index >= 15 is 0 Å². The third kappa shape index (κ3) is 3.21. The Hall–Kier alpha value is -5.86. The van der Waals surface area contributed by atoms with Gasteiger partial charge < -0.3 is 4.48 Å². The number of aromatic nitrogens is 1. The summed E-state index contributed by atoms with van der Waals surface area (Å²) >= 11 is 0. The molecule has 0 saturated carbocycles. The lowest BCUT2D eigenvalue weighted by molar-refractivity contribution is 1.31. The van der Waals surface area contributed by atoms with Crippen molar-refractivity contribution in [1.82, 2.24) is 4.48 Å². The smallest absolute Gasteiger partial charge is 0.329 e. The molecule has 46 heavy (non-hydrogen) atoms. The second kappa shape index (κ2) is 8.87. The van der Waals surface area contributed by atoms with Gasteiger partial charge in [0.15, 0.2) is 0 Å². The molecule has 8 aromatic carbocycles. The van der Waals surface area contributed by atoms with E-state index in [1.807, 2.05) is 0 Å². The molecule has 0 N–H and O–H groups in total. The predicted octanol–water partition coefficient (Wildman–Crippen LogP) is 10.0. The molecule has 3 heterocycles. The van der Waals surface area contributed by atoms with Crippen molar-refractivity contribution in [3.05, 3.63) is 158 Å². The minimum absolute atomic E-state index is 0.0793. The molecule has 11 rings (SSSR count). The van der Waals surface area contributed by atoms with Crippen LogP contribution in [-0.4, -0.2) is 11.3 Å². The highest BCUT2D eigenvalue weighted by atomic mass is 14.9. The molecule has 0 saturated heterocycles. The van der Waals surface area contributed by atoms with Crippen LogP contribution in [0.4, 0.5) is 0 Å². The Morgan fingerprint density at radius 1 is 0.326 bits per heavy atom. The van der Waals surface area contributed by atoms with E-state index < -0.39 is 0 Å². The summed E-state index contributed by atoms with van der Waals surface area (Å²) in [5.41, 5.74) is 15.8. The molecular formula is C44H26BN. The number of fused-ring (bicyclic) bond motifs is 9. The number of rotatable bonds is 2. The van der Waals surface area contributed by atoms with E-state index in [4.69, 9.17) is 0 Å². The SMILES string of the molecule is c1ccc2cc(-c3ccc4c(c3)B3c5cc(-c6ccc7ccccc7c6)ccc5-c5cccc6c7cccc-4c7n3c56)ccc2c1. The quantitative estimate of drug-likeness (QED) is 0.180. The average molecular weight is 580 g/mol. The van der Waals surface area contributed by atoms with Gasteiger partial charge in [-0.25, -0.2) is 0 Å². The van der Waals surface area contributed by atoms with Crippen molar-refractivity contribution < 1.29 is 0 Å². The molecule has 9 aromatic rings. The normalized spacial score (nSPS) is 12.7. The number of hydrogen-bond donors (Lipinski definition) is 0. The maximum Gasteiger partial charge on any atom is 0.329 e. The second-order valence-electron chi connectivity index (χ2n) is 12.9. The third-order valence-electron chi connectivity index (χ3n) is 10.5. The molecule has 2 aliphatic rings. The van der Waals surface area contributed by atoms with Crippen LogP contribution in [-0.2, 0) is 0 Å². The fourth-order valence-electron chi connectivity index (χ4n) is 8.46. The number of para-hydroxylation sites is 2. The zero-order chi connectivity index (χ0) is 29.9. The van der Waals surface area contributed by atoms with Crippen LogP contribution in [0.25, 0.3) is 87.9 Å². The lowest BCUT2D eigenvalue weighted by Crippen LogP contribution is -2.53. The number of benzene rings is 8. The summed E-state index contributed by atoms with van der Waals surface area (Å²) in [6.07, 6.45) is 0. The minimum Gasteiger partial charge on any atom is -0.375 e. The summed E-state index contributed by atoms with van der Waals surface area (Å²) in [5.74, 6) is 0. The number of hydrogen-bond acceptors (Lipinski definition) is 0. The average Bonchev–Trinajstić information content (AvgIpc) is 3.46. The molecule has 2 aliphatic heterocycles. The Balaban J connectivity index is 1.20. The molecule has 0 aliphatic carbocycles. The molecule has 0 spiro atoms. The van der Waals surface area contributed by atoms with Crippen molar-refractivity contribution in [3.63, 3.8) is 0 Å². The molecule has 0 atom stereocenters. The van der Waals surface area contributed by atoms with Crippen LogP contribution < -0.4 is 10.9 Å². The Kier molecular flexibility index (Phi) is 4.72. The van der Waals surface area contributed by atoms with Gasteiger partial charge in [-0.2, -0.15) is 0 Å². The van der Waals surface area contributed by atoms with Crippen LogP contribution in [0.15, 0.2) is 158 Å². The van der Waals surface area contributed by atoms with E-state index in [1.165, 1.54) is 98.8 Å². The maximum atomic E-state index is 2.66. The topological polar surface area (TPSA) is 4.93 Å². The monoisotopic (exact) mass is 579 g/mol. The summed E-state index contributed by atoms with van der Waals surface area (Å²) in [6.45, 7) is 0.0793. The van der Waals surface area contributed by atoms with Crippen LogP contribution >= 0.6 is 0 Å². The fraction of sp³-hybridized carbons (Fsp3) is 0. The standard InChI is InChI=1S/C44H26BN/c1-3-9-29-23-31(17-15-27(29)7-1)33-19-21-35-37-11-5-13-39-40-14-6-12-38-36-22-20-34(32-18-16-28-8-2-4-10-30(28)24-32)26-42(36)45(41(35)25-33)46(43(37)39)44(38)40/h1-26H. The first kappa shape index (κ1) is 24.5. The van der Waals surface area contributed by atoms with Crippen molar-refractivity contribution in [2.45, 2.75) is 0 Å². The first-order valence-corrected chi connectivity index (χ1v) is 16.1. The Bertz CT molecular complexity index is 2580.